The zero-order chi connectivity index (χ0) is 19.0. The number of nitrogens with one attached hydrogen (secondary N) is 1. The first-order valence-electron chi connectivity index (χ1n) is 8.43. The SMILES string of the molecule is COC(=O)c1c(NC(=O)C(=O)c2c(C)nn(C)c2C)sc2c1CCCC2. The number of rotatable bonds is 4. The molecule has 2 aromatic rings. The minimum Gasteiger partial charge on any atom is -0.465 e. The number of methoxy groups -OCH3 is 1. The summed E-state index contributed by atoms with van der Waals surface area (Å²) >= 11 is 1.35. The fourth-order valence-electron chi connectivity index (χ4n) is 3.35. The highest BCUT2D eigenvalue weighted by Gasteiger charge is 2.30. The number of carbonyl (C=O) groups excluding carboxylic acids is 3. The molecule has 1 aliphatic rings. The van der Waals surface area contributed by atoms with E-state index in [1.54, 1.807) is 25.6 Å². The molecular formula is C18H21N3O4S. The Labute approximate surface area is 155 Å². The van der Waals surface area contributed by atoms with Crippen LogP contribution in [-0.2, 0) is 29.4 Å². The largest absolute Gasteiger partial charge is 0.465 e. The lowest BCUT2D eigenvalue weighted by molar-refractivity contribution is -0.112. The van der Waals surface area contributed by atoms with Gasteiger partial charge in [-0.25, -0.2) is 4.79 Å². The molecule has 8 heteroatoms. The maximum absolute atomic E-state index is 12.6. The summed E-state index contributed by atoms with van der Waals surface area (Å²) < 4.78 is 6.46. The molecule has 0 unspecified atom stereocenters. The number of aryl methyl sites for hydroxylation is 3. The molecule has 0 atom stereocenters. The summed E-state index contributed by atoms with van der Waals surface area (Å²) in [6, 6.07) is 0. The summed E-state index contributed by atoms with van der Waals surface area (Å²) in [7, 11) is 3.04. The van der Waals surface area contributed by atoms with Crippen LogP contribution in [0.4, 0.5) is 5.00 Å². The van der Waals surface area contributed by atoms with Crippen molar-refractivity contribution < 1.29 is 19.1 Å². The molecular weight excluding hydrogens is 354 g/mol. The number of amides is 1. The monoisotopic (exact) mass is 375 g/mol. The standard InChI is InChI=1S/C18H21N3O4S/c1-9-13(10(2)21(3)20-9)15(22)16(23)19-17-14(18(24)25-4)11-7-5-6-8-12(11)26-17/h5-8H2,1-4H3,(H,19,23). The van der Waals surface area contributed by atoms with Gasteiger partial charge >= 0.3 is 5.97 Å². The van der Waals surface area contributed by atoms with Crippen LogP contribution in [0.15, 0.2) is 0 Å². The molecule has 0 saturated heterocycles. The lowest BCUT2D eigenvalue weighted by Crippen LogP contribution is -2.24. The summed E-state index contributed by atoms with van der Waals surface area (Å²) in [5.74, 6) is -1.91. The van der Waals surface area contributed by atoms with E-state index < -0.39 is 17.7 Å². The van der Waals surface area contributed by atoms with Crippen LogP contribution in [0.3, 0.4) is 0 Å². The third kappa shape index (κ3) is 3.05. The van der Waals surface area contributed by atoms with E-state index in [4.69, 9.17) is 4.74 Å². The van der Waals surface area contributed by atoms with Crippen LogP contribution in [0.1, 0.15) is 55.4 Å². The molecule has 0 spiro atoms. The minimum atomic E-state index is -0.770. The maximum Gasteiger partial charge on any atom is 0.341 e. The second-order valence-electron chi connectivity index (χ2n) is 6.36. The minimum absolute atomic E-state index is 0.297. The van der Waals surface area contributed by atoms with Gasteiger partial charge in [0.25, 0.3) is 11.7 Å². The Hall–Kier alpha value is -2.48. The Morgan fingerprint density at radius 2 is 1.85 bits per heavy atom. The van der Waals surface area contributed by atoms with Gasteiger partial charge in [0.15, 0.2) is 0 Å². The molecule has 138 valence electrons. The lowest BCUT2D eigenvalue weighted by atomic mass is 9.95. The van der Waals surface area contributed by atoms with Crippen molar-refractivity contribution in [1.29, 1.82) is 0 Å². The summed E-state index contributed by atoms with van der Waals surface area (Å²) in [5.41, 5.74) is 2.74. The summed E-state index contributed by atoms with van der Waals surface area (Å²) in [5, 5.41) is 7.20. The van der Waals surface area contributed by atoms with Gasteiger partial charge in [0.2, 0.25) is 0 Å². The highest BCUT2D eigenvalue weighted by molar-refractivity contribution is 7.17. The van der Waals surface area contributed by atoms with Crippen molar-refractivity contribution in [1.82, 2.24) is 9.78 Å². The molecule has 0 aliphatic heterocycles. The van der Waals surface area contributed by atoms with E-state index in [0.717, 1.165) is 36.1 Å². The van der Waals surface area contributed by atoms with Gasteiger partial charge in [-0.05, 0) is 45.1 Å². The van der Waals surface area contributed by atoms with Gasteiger partial charge in [-0.3, -0.25) is 14.3 Å². The first-order chi connectivity index (χ1) is 12.3. The number of nitrogens with zero attached hydrogens (tertiary/aromatic N) is 2. The third-order valence-corrected chi connectivity index (χ3v) is 5.94. The fourth-order valence-corrected chi connectivity index (χ4v) is 4.62. The second-order valence-corrected chi connectivity index (χ2v) is 7.46. The van der Waals surface area contributed by atoms with E-state index >= 15 is 0 Å². The third-order valence-electron chi connectivity index (χ3n) is 4.73. The van der Waals surface area contributed by atoms with E-state index in [9.17, 15) is 14.4 Å². The number of thiophene rings is 1. The number of ketones is 1. The van der Waals surface area contributed by atoms with E-state index in [2.05, 4.69) is 10.4 Å². The molecule has 7 nitrogen and oxygen atoms in total. The highest BCUT2D eigenvalue weighted by atomic mass is 32.1. The highest BCUT2D eigenvalue weighted by Crippen LogP contribution is 2.38. The molecule has 1 aliphatic carbocycles. The van der Waals surface area contributed by atoms with Crippen LogP contribution in [0, 0.1) is 13.8 Å². The Morgan fingerprint density at radius 1 is 1.15 bits per heavy atom. The molecule has 1 N–H and O–H groups in total. The quantitative estimate of drug-likeness (QED) is 0.504. The Morgan fingerprint density at radius 3 is 2.46 bits per heavy atom. The Kier molecular flexibility index (Phi) is 4.95. The number of hydrogen-bond donors (Lipinski definition) is 1. The molecule has 0 bridgehead atoms. The molecule has 1 amide bonds. The zero-order valence-corrected chi connectivity index (χ0v) is 16.1. The maximum atomic E-state index is 12.6. The van der Waals surface area contributed by atoms with Gasteiger partial charge in [-0.2, -0.15) is 5.10 Å². The van der Waals surface area contributed by atoms with Crippen LogP contribution < -0.4 is 5.32 Å². The predicted octanol–water partition coefficient (Wildman–Crippen LogP) is 2.59. The van der Waals surface area contributed by atoms with Gasteiger partial charge < -0.3 is 10.1 Å². The number of ether oxygens (including phenoxy) is 1. The van der Waals surface area contributed by atoms with Gasteiger partial charge in [0, 0.05) is 17.6 Å². The molecule has 2 heterocycles. The molecule has 3 rings (SSSR count). The molecule has 0 saturated carbocycles. The van der Waals surface area contributed by atoms with Crippen molar-refractivity contribution in [2.45, 2.75) is 39.5 Å². The van der Waals surface area contributed by atoms with E-state index in [-0.39, 0.29) is 0 Å². The zero-order valence-electron chi connectivity index (χ0n) is 15.3. The van der Waals surface area contributed by atoms with Crippen LogP contribution in [0.25, 0.3) is 0 Å². The van der Waals surface area contributed by atoms with Gasteiger partial charge in [-0.1, -0.05) is 0 Å². The molecule has 26 heavy (non-hydrogen) atoms. The number of anilines is 1. The number of carbonyl (C=O) groups is 3. The summed E-state index contributed by atoms with van der Waals surface area (Å²) in [6.07, 6.45) is 3.69. The molecule has 0 radical (unpaired) electrons. The van der Waals surface area contributed by atoms with Crippen molar-refractivity contribution in [2.75, 3.05) is 12.4 Å². The summed E-state index contributed by atoms with van der Waals surface area (Å²) in [4.78, 5) is 38.5. The normalized spacial score (nSPS) is 13.2. The first kappa shape index (κ1) is 18.3. The number of aromatic nitrogens is 2. The van der Waals surface area contributed by atoms with E-state index in [1.165, 1.54) is 18.4 Å². The first-order valence-corrected chi connectivity index (χ1v) is 9.25. The summed E-state index contributed by atoms with van der Waals surface area (Å²) in [6.45, 7) is 3.43. The average molecular weight is 375 g/mol. The number of hydrogen-bond acceptors (Lipinski definition) is 6. The van der Waals surface area contributed by atoms with E-state index in [1.807, 2.05) is 0 Å². The Balaban J connectivity index is 1.93. The van der Waals surface area contributed by atoms with E-state index in [0.29, 0.717) is 27.5 Å². The molecule has 0 fully saturated rings. The molecule has 0 aromatic carbocycles. The number of Topliss-reactive ketones (excluding diaryl/α,β-unsaturated/α-hetero) is 1. The number of fused-ring (bicyclic) bond motifs is 1. The van der Waals surface area contributed by atoms with Gasteiger partial charge in [0.1, 0.15) is 5.00 Å². The average Bonchev–Trinajstić information content (AvgIpc) is 3.10. The predicted molar refractivity (Wildman–Crippen MR) is 97.9 cm³/mol. The second kappa shape index (κ2) is 7.03. The van der Waals surface area contributed by atoms with Gasteiger partial charge in [-0.15, -0.1) is 11.3 Å². The lowest BCUT2D eigenvalue weighted by Gasteiger charge is -2.11. The van der Waals surface area contributed by atoms with Crippen LogP contribution >= 0.6 is 11.3 Å². The van der Waals surface area contributed by atoms with Crippen LogP contribution in [-0.4, -0.2) is 34.6 Å². The van der Waals surface area contributed by atoms with Crippen molar-refractivity contribution in [3.8, 4) is 0 Å². The molecule has 2 aromatic heterocycles. The van der Waals surface area contributed by atoms with Crippen molar-refractivity contribution >= 4 is 34.0 Å². The smallest absolute Gasteiger partial charge is 0.341 e. The van der Waals surface area contributed by atoms with Crippen LogP contribution in [0.5, 0.6) is 0 Å². The topological polar surface area (TPSA) is 90.3 Å². The number of esters is 1. The Bertz CT molecular complexity index is 910. The van der Waals surface area contributed by atoms with Crippen LogP contribution in [0.2, 0.25) is 0 Å². The van der Waals surface area contributed by atoms with Gasteiger partial charge in [0.05, 0.1) is 23.9 Å². The van der Waals surface area contributed by atoms with Crippen molar-refractivity contribution in [3.63, 3.8) is 0 Å². The van der Waals surface area contributed by atoms with Crippen molar-refractivity contribution in [2.24, 2.45) is 7.05 Å². The van der Waals surface area contributed by atoms with Crippen molar-refractivity contribution in [3.05, 3.63) is 33.0 Å². The fraction of sp³-hybridized carbons (Fsp3) is 0.444.